The van der Waals surface area contributed by atoms with Crippen LogP contribution in [-0.2, 0) is 4.79 Å². The number of carbonyl (C=O) groups is 1. The van der Waals surface area contributed by atoms with Gasteiger partial charge in [-0.05, 0) is 0 Å². The molecule has 0 aliphatic heterocycles. The minimum atomic E-state index is -3.17. The Morgan fingerprint density at radius 3 is 2.44 bits per heavy atom. The van der Waals surface area contributed by atoms with Crippen LogP contribution < -0.4 is 11.1 Å². The zero-order valence-corrected chi connectivity index (χ0v) is 9.91. The highest BCUT2D eigenvalue weighted by Gasteiger charge is 2.33. The van der Waals surface area contributed by atoms with Crippen LogP contribution in [0.1, 0.15) is 6.42 Å². The highest BCUT2D eigenvalue weighted by atomic mass is 35.5. The molecule has 98 valence electrons. The number of carboxylic acids is 1. The minimum absolute atomic E-state index is 0. The highest BCUT2D eigenvalue weighted by Crippen LogP contribution is 2.18. The quantitative estimate of drug-likeness (QED) is 0.404. The second-order valence-electron chi connectivity index (χ2n) is 2.84. The summed E-state index contributed by atoms with van der Waals surface area (Å²) in [6.07, 6.45) is 0.0283. The van der Waals surface area contributed by atoms with E-state index in [4.69, 9.17) is 16.2 Å². The summed E-state index contributed by atoms with van der Waals surface area (Å²) in [7, 11) is 0. The van der Waals surface area contributed by atoms with Crippen molar-refractivity contribution in [2.75, 3.05) is 13.1 Å². The molecule has 1 atom stereocenters. The van der Waals surface area contributed by atoms with E-state index in [2.05, 4.69) is 5.32 Å². The van der Waals surface area contributed by atoms with E-state index in [1.165, 1.54) is 0 Å². The van der Waals surface area contributed by atoms with E-state index in [0.29, 0.717) is 0 Å². The first kappa shape index (κ1) is 20.9. The SMILES string of the molecule is Cl.Cl.N=CCNCC(F)(F)C[C@H](N)C(=O)O. The van der Waals surface area contributed by atoms with Gasteiger partial charge >= 0.3 is 5.97 Å². The molecule has 0 radical (unpaired) electrons. The Balaban J connectivity index is -0.000000845. The van der Waals surface area contributed by atoms with Crippen molar-refractivity contribution in [2.24, 2.45) is 5.73 Å². The first-order valence-electron chi connectivity index (χ1n) is 3.95. The third-order valence-electron chi connectivity index (χ3n) is 1.47. The maximum atomic E-state index is 12.9. The van der Waals surface area contributed by atoms with Gasteiger partial charge in [-0.3, -0.25) is 4.79 Å². The second kappa shape index (κ2) is 9.71. The maximum absolute atomic E-state index is 12.9. The normalized spacial score (nSPS) is 11.9. The molecule has 0 aliphatic rings. The molecule has 0 saturated heterocycles. The third-order valence-corrected chi connectivity index (χ3v) is 1.47. The first-order valence-corrected chi connectivity index (χ1v) is 3.95. The van der Waals surface area contributed by atoms with Crippen LogP contribution >= 0.6 is 24.8 Å². The Bertz CT molecular complexity index is 220. The van der Waals surface area contributed by atoms with Crippen LogP contribution in [-0.4, -0.2) is 42.3 Å². The summed E-state index contributed by atoms with van der Waals surface area (Å²) in [4.78, 5) is 10.2. The summed E-state index contributed by atoms with van der Waals surface area (Å²) >= 11 is 0. The Hall–Kier alpha value is -0.500. The summed E-state index contributed by atoms with van der Waals surface area (Å²) in [5, 5.41) is 17.1. The third kappa shape index (κ3) is 10.0. The van der Waals surface area contributed by atoms with Crippen LogP contribution in [0.15, 0.2) is 0 Å². The molecule has 0 heterocycles. The molecule has 0 rings (SSSR count). The Morgan fingerprint density at radius 2 is 2.06 bits per heavy atom. The number of nitrogens with one attached hydrogen (secondary N) is 2. The van der Waals surface area contributed by atoms with Crippen LogP contribution in [0.5, 0.6) is 0 Å². The van der Waals surface area contributed by atoms with E-state index < -0.39 is 30.9 Å². The number of rotatable bonds is 7. The van der Waals surface area contributed by atoms with Gasteiger partial charge in [0.2, 0.25) is 0 Å². The molecule has 0 aromatic rings. The summed E-state index contributed by atoms with van der Waals surface area (Å²) in [5.74, 6) is -4.61. The Labute approximate surface area is 104 Å². The number of carboxylic acid groups (broad SMARTS) is 1. The molecule has 0 unspecified atom stereocenters. The summed E-state index contributed by atoms with van der Waals surface area (Å²) in [6.45, 7) is -0.652. The van der Waals surface area contributed by atoms with Gasteiger partial charge in [0.05, 0.1) is 6.54 Å². The van der Waals surface area contributed by atoms with Crippen molar-refractivity contribution in [2.45, 2.75) is 18.4 Å². The standard InChI is InChI=1S/C7H13F2N3O2.2ClH/c8-7(9,4-12-2-1-10)3-5(11)6(13)14;;/h1,5,10,12H,2-4,11H2,(H,13,14);2*1H/t5-;;/m0../s1. The lowest BCUT2D eigenvalue weighted by Gasteiger charge is -2.18. The van der Waals surface area contributed by atoms with Crippen LogP contribution in [0.25, 0.3) is 0 Å². The van der Waals surface area contributed by atoms with E-state index >= 15 is 0 Å². The summed E-state index contributed by atoms with van der Waals surface area (Å²) in [6, 6.07) is -1.56. The molecule has 0 aliphatic carbocycles. The van der Waals surface area contributed by atoms with Crippen molar-refractivity contribution >= 4 is 37.0 Å². The number of nitrogens with two attached hydrogens (primary N) is 1. The van der Waals surface area contributed by atoms with Crippen molar-refractivity contribution < 1.29 is 18.7 Å². The molecule has 0 amide bonds. The lowest BCUT2D eigenvalue weighted by Crippen LogP contribution is -2.42. The molecule has 0 spiro atoms. The molecule has 0 saturated carbocycles. The Kier molecular flexibility index (Phi) is 12.7. The van der Waals surface area contributed by atoms with Gasteiger partial charge in [-0.15, -0.1) is 24.8 Å². The van der Waals surface area contributed by atoms with E-state index in [9.17, 15) is 13.6 Å². The van der Waals surface area contributed by atoms with Gasteiger partial charge in [-0.25, -0.2) is 8.78 Å². The zero-order valence-electron chi connectivity index (χ0n) is 8.28. The molecule has 0 aromatic carbocycles. The number of aliphatic carboxylic acids is 1. The maximum Gasteiger partial charge on any atom is 0.320 e. The smallest absolute Gasteiger partial charge is 0.320 e. The lowest BCUT2D eigenvalue weighted by atomic mass is 10.1. The van der Waals surface area contributed by atoms with Gasteiger partial charge in [0.1, 0.15) is 6.04 Å². The predicted molar refractivity (Wildman–Crippen MR) is 61.3 cm³/mol. The summed E-state index contributed by atoms with van der Waals surface area (Å²) in [5.41, 5.74) is 4.95. The van der Waals surface area contributed by atoms with Crippen LogP contribution in [0.4, 0.5) is 8.78 Å². The number of alkyl halides is 2. The van der Waals surface area contributed by atoms with Gasteiger partial charge in [-0.2, -0.15) is 0 Å². The van der Waals surface area contributed by atoms with Gasteiger partial charge in [0.25, 0.3) is 5.92 Å². The molecule has 16 heavy (non-hydrogen) atoms. The molecule has 0 bridgehead atoms. The predicted octanol–water partition coefficient (Wildman–Crippen LogP) is 0.506. The van der Waals surface area contributed by atoms with E-state index in [0.717, 1.165) is 6.21 Å². The molecule has 0 aromatic heterocycles. The van der Waals surface area contributed by atoms with Gasteiger partial charge in [0, 0.05) is 19.2 Å². The average Bonchev–Trinajstić information content (AvgIpc) is 2.03. The van der Waals surface area contributed by atoms with Crippen LogP contribution in [0.2, 0.25) is 0 Å². The average molecular weight is 282 g/mol. The number of halogens is 4. The van der Waals surface area contributed by atoms with E-state index in [1.54, 1.807) is 0 Å². The second-order valence-corrected chi connectivity index (χ2v) is 2.84. The molecular formula is C7H15Cl2F2N3O2. The number of hydrogen-bond acceptors (Lipinski definition) is 4. The fourth-order valence-electron chi connectivity index (χ4n) is 0.808. The molecular weight excluding hydrogens is 267 g/mol. The topological polar surface area (TPSA) is 99.2 Å². The van der Waals surface area contributed by atoms with Crippen molar-refractivity contribution in [1.29, 1.82) is 5.41 Å². The lowest BCUT2D eigenvalue weighted by molar-refractivity contribution is -0.141. The monoisotopic (exact) mass is 281 g/mol. The van der Waals surface area contributed by atoms with Crippen LogP contribution in [0.3, 0.4) is 0 Å². The van der Waals surface area contributed by atoms with Crippen molar-refractivity contribution in [3.8, 4) is 0 Å². The van der Waals surface area contributed by atoms with Crippen molar-refractivity contribution in [3.63, 3.8) is 0 Å². The Morgan fingerprint density at radius 1 is 1.56 bits per heavy atom. The van der Waals surface area contributed by atoms with Crippen molar-refractivity contribution in [3.05, 3.63) is 0 Å². The van der Waals surface area contributed by atoms with E-state index in [1.807, 2.05) is 0 Å². The van der Waals surface area contributed by atoms with E-state index in [-0.39, 0.29) is 31.4 Å². The first-order chi connectivity index (χ1) is 6.39. The molecule has 5 nitrogen and oxygen atoms in total. The van der Waals surface area contributed by atoms with Crippen LogP contribution in [0, 0.1) is 5.41 Å². The minimum Gasteiger partial charge on any atom is -0.480 e. The van der Waals surface area contributed by atoms with Gasteiger partial charge in [0.15, 0.2) is 0 Å². The fourth-order valence-corrected chi connectivity index (χ4v) is 0.808. The number of hydrogen-bond donors (Lipinski definition) is 4. The highest BCUT2D eigenvalue weighted by molar-refractivity contribution is 5.85. The fraction of sp³-hybridized carbons (Fsp3) is 0.714. The molecule has 5 N–H and O–H groups in total. The molecule has 0 fully saturated rings. The van der Waals surface area contributed by atoms with Gasteiger partial charge in [-0.1, -0.05) is 0 Å². The molecule has 9 heteroatoms. The summed E-state index contributed by atoms with van der Waals surface area (Å²) < 4.78 is 25.8. The van der Waals surface area contributed by atoms with Crippen molar-refractivity contribution in [1.82, 2.24) is 5.32 Å². The largest absolute Gasteiger partial charge is 0.480 e. The zero-order chi connectivity index (χ0) is 11.2. The van der Waals surface area contributed by atoms with Gasteiger partial charge < -0.3 is 21.6 Å².